The molecule has 0 radical (unpaired) electrons. The fraction of sp³-hybridized carbons (Fsp3) is 0.200. The van der Waals surface area contributed by atoms with Crippen molar-refractivity contribution < 1.29 is 14.1 Å². The molecule has 0 unspecified atom stereocenters. The molecule has 1 rings (SSSR count). The van der Waals surface area contributed by atoms with Gasteiger partial charge in [0.25, 0.3) is 0 Å². The second-order valence-corrected chi connectivity index (χ2v) is 4.09. The van der Waals surface area contributed by atoms with Gasteiger partial charge in [-0.2, -0.15) is 0 Å². The van der Waals surface area contributed by atoms with Crippen LogP contribution in [0.15, 0.2) is 28.8 Å². The van der Waals surface area contributed by atoms with Crippen molar-refractivity contribution in [2.75, 3.05) is 13.2 Å². The van der Waals surface area contributed by atoms with Crippen LogP contribution in [0.1, 0.15) is 0 Å². The normalized spacial score (nSPS) is 10.1. The quantitative estimate of drug-likeness (QED) is 0.514. The zero-order chi connectivity index (χ0) is 13.0. The third-order valence-corrected chi connectivity index (χ3v) is 2.53. The van der Waals surface area contributed by atoms with Crippen LogP contribution >= 0.6 is 15.9 Å². The molecule has 5 nitrogen and oxygen atoms in total. The Morgan fingerprint density at radius 3 is 2.82 bits per heavy atom. The standard InChI is InChI=1S/C10H10BrFN2O3/c1-6(4-13)5-17-10-3-8(12)7(11)2-9(10)14(15)16/h2-3H,1,4-5,13H2. The maximum atomic E-state index is 13.2. The van der Waals surface area contributed by atoms with Gasteiger partial charge in [-0.15, -0.1) is 0 Å². The van der Waals surface area contributed by atoms with Crippen molar-refractivity contribution in [3.05, 3.63) is 44.7 Å². The van der Waals surface area contributed by atoms with E-state index < -0.39 is 10.7 Å². The summed E-state index contributed by atoms with van der Waals surface area (Å²) >= 11 is 2.87. The van der Waals surface area contributed by atoms with Gasteiger partial charge in [0.2, 0.25) is 0 Å². The first kappa shape index (κ1) is 13.6. The van der Waals surface area contributed by atoms with E-state index in [9.17, 15) is 14.5 Å². The minimum absolute atomic E-state index is 0.00852. The Bertz CT molecular complexity index is 465. The van der Waals surface area contributed by atoms with E-state index in [1.807, 2.05) is 0 Å². The van der Waals surface area contributed by atoms with Crippen molar-refractivity contribution in [3.8, 4) is 5.75 Å². The average molecular weight is 305 g/mol. The molecule has 0 amide bonds. The third kappa shape index (κ3) is 3.50. The fourth-order valence-electron chi connectivity index (χ4n) is 1.02. The number of nitrogens with zero attached hydrogens (tertiary/aromatic N) is 1. The lowest BCUT2D eigenvalue weighted by molar-refractivity contribution is -0.386. The van der Waals surface area contributed by atoms with Crippen LogP contribution in [0.3, 0.4) is 0 Å². The van der Waals surface area contributed by atoms with E-state index in [4.69, 9.17) is 10.5 Å². The van der Waals surface area contributed by atoms with Crippen molar-refractivity contribution in [2.24, 2.45) is 5.73 Å². The molecule has 2 N–H and O–H groups in total. The Labute approximate surface area is 105 Å². The van der Waals surface area contributed by atoms with Crippen molar-refractivity contribution in [2.45, 2.75) is 0 Å². The topological polar surface area (TPSA) is 78.4 Å². The second kappa shape index (κ2) is 5.74. The Hall–Kier alpha value is -1.47. The number of hydrogen-bond acceptors (Lipinski definition) is 4. The molecule has 1 aromatic carbocycles. The second-order valence-electron chi connectivity index (χ2n) is 3.23. The number of halogens is 2. The van der Waals surface area contributed by atoms with E-state index in [0.29, 0.717) is 5.57 Å². The van der Waals surface area contributed by atoms with Gasteiger partial charge in [0.15, 0.2) is 5.75 Å². The van der Waals surface area contributed by atoms with Crippen LogP contribution in [0.4, 0.5) is 10.1 Å². The summed E-state index contributed by atoms with van der Waals surface area (Å²) < 4.78 is 18.3. The average Bonchev–Trinajstić information content (AvgIpc) is 2.29. The maximum Gasteiger partial charge on any atom is 0.312 e. The highest BCUT2D eigenvalue weighted by molar-refractivity contribution is 9.10. The summed E-state index contributed by atoms with van der Waals surface area (Å²) in [7, 11) is 0. The van der Waals surface area contributed by atoms with Crippen molar-refractivity contribution in [1.82, 2.24) is 0 Å². The Kier molecular flexibility index (Phi) is 4.59. The van der Waals surface area contributed by atoms with Gasteiger partial charge in [0.05, 0.1) is 9.40 Å². The van der Waals surface area contributed by atoms with Gasteiger partial charge < -0.3 is 10.5 Å². The molecule has 0 saturated heterocycles. The van der Waals surface area contributed by atoms with Crippen LogP contribution in [0, 0.1) is 15.9 Å². The zero-order valence-electron chi connectivity index (χ0n) is 8.78. The number of rotatable bonds is 5. The molecule has 92 valence electrons. The largest absolute Gasteiger partial charge is 0.482 e. The first-order valence-electron chi connectivity index (χ1n) is 4.58. The van der Waals surface area contributed by atoms with Crippen LogP contribution in [0.2, 0.25) is 0 Å². The molecule has 7 heteroatoms. The molecular formula is C10H10BrFN2O3. The Morgan fingerprint density at radius 1 is 1.65 bits per heavy atom. The molecule has 0 aliphatic heterocycles. The fourth-order valence-corrected chi connectivity index (χ4v) is 1.35. The van der Waals surface area contributed by atoms with E-state index in [1.165, 1.54) is 0 Å². The van der Waals surface area contributed by atoms with Crippen molar-refractivity contribution in [3.63, 3.8) is 0 Å². The summed E-state index contributed by atoms with van der Waals surface area (Å²) in [6.07, 6.45) is 0. The first-order chi connectivity index (χ1) is 7.95. The lowest BCUT2D eigenvalue weighted by atomic mass is 10.3. The monoisotopic (exact) mass is 304 g/mol. The van der Waals surface area contributed by atoms with Gasteiger partial charge in [-0.05, 0) is 21.5 Å². The minimum atomic E-state index is -0.648. The van der Waals surface area contributed by atoms with Gasteiger partial charge >= 0.3 is 5.69 Å². The highest BCUT2D eigenvalue weighted by Crippen LogP contribution is 2.32. The van der Waals surface area contributed by atoms with Crippen molar-refractivity contribution >= 4 is 21.6 Å². The molecule has 0 saturated carbocycles. The first-order valence-corrected chi connectivity index (χ1v) is 5.38. The van der Waals surface area contributed by atoms with Crippen LogP contribution in [0.25, 0.3) is 0 Å². The Balaban J connectivity index is 3.00. The highest BCUT2D eigenvalue weighted by Gasteiger charge is 2.18. The van der Waals surface area contributed by atoms with E-state index >= 15 is 0 Å². The molecule has 17 heavy (non-hydrogen) atoms. The van der Waals surface area contributed by atoms with E-state index in [-0.39, 0.29) is 29.1 Å². The lowest BCUT2D eigenvalue weighted by Crippen LogP contribution is -2.10. The molecule has 0 aliphatic rings. The summed E-state index contributed by atoms with van der Waals surface area (Å²) in [6, 6.07) is 2.00. The highest BCUT2D eigenvalue weighted by atomic mass is 79.9. The van der Waals surface area contributed by atoms with Crippen LogP contribution < -0.4 is 10.5 Å². The van der Waals surface area contributed by atoms with Crippen LogP contribution in [-0.2, 0) is 0 Å². The predicted octanol–water partition coefficient (Wildman–Crippen LogP) is 2.39. The summed E-state index contributed by atoms with van der Waals surface area (Å²) in [6.45, 7) is 3.79. The number of nitro groups is 1. The molecule has 0 heterocycles. The van der Waals surface area contributed by atoms with E-state index in [1.54, 1.807) is 0 Å². The summed E-state index contributed by atoms with van der Waals surface area (Å²) in [5.74, 6) is -0.783. The summed E-state index contributed by atoms with van der Waals surface area (Å²) in [5, 5.41) is 10.7. The number of benzene rings is 1. The number of nitro benzene ring substituents is 1. The van der Waals surface area contributed by atoms with Gasteiger partial charge in [0, 0.05) is 18.7 Å². The molecule has 0 spiro atoms. The number of nitrogens with two attached hydrogens (primary N) is 1. The summed E-state index contributed by atoms with van der Waals surface area (Å²) in [4.78, 5) is 10.1. The maximum absolute atomic E-state index is 13.2. The van der Waals surface area contributed by atoms with Gasteiger partial charge in [0.1, 0.15) is 12.4 Å². The van der Waals surface area contributed by atoms with Crippen molar-refractivity contribution in [1.29, 1.82) is 0 Å². The van der Waals surface area contributed by atoms with Gasteiger partial charge in [-0.25, -0.2) is 4.39 Å². The van der Waals surface area contributed by atoms with E-state index in [0.717, 1.165) is 12.1 Å². The molecule has 0 bridgehead atoms. The molecule has 0 atom stereocenters. The molecule has 0 fully saturated rings. The van der Waals surface area contributed by atoms with E-state index in [2.05, 4.69) is 22.5 Å². The molecule has 0 aliphatic carbocycles. The molecule has 0 aromatic heterocycles. The molecular weight excluding hydrogens is 295 g/mol. The minimum Gasteiger partial charge on any atom is -0.482 e. The number of ether oxygens (including phenoxy) is 1. The Morgan fingerprint density at radius 2 is 2.29 bits per heavy atom. The van der Waals surface area contributed by atoms with Gasteiger partial charge in [-0.1, -0.05) is 6.58 Å². The number of hydrogen-bond donors (Lipinski definition) is 1. The smallest absolute Gasteiger partial charge is 0.312 e. The van der Waals surface area contributed by atoms with Crippen LogP contribution in [0.5, 0.6) is 5.75 Å². The van der Waals surface area contributed by atoms with Gasteiger partial charge in [-0.3, -0.25) is 10.1 Å². The predicted molar refractivity (Wildman–Crippen MR) is 64.4 cm³/mol. The SMILES string of the molecule is C=C(CN)COc1cc(F)c(Br)cc1[N+](=O)[O-]. The molecule has 1 aromatic rings. The van der Waals surface area contributed by atoms with Crippen LogP contribution in [-0.4, -0.2) is 18.1 Å². The zero-order valence-corrected chi connectivity index (χ0v) is 10.4. The third-order valence-electron chi connectivity index (χ3n) is 1.92. The summed E-state index contributed by atoms with van der Waals surface area (Å²) in [5.41, 5.74) is 5.53. The lowest BCUT2D eigenvalue weighted by Gasteiger charge is -2.08.